The van der Waals surface area contributed by atoms with Gasteiger partial charge in [0.15, 0.2) is 0 Å². The Bertz CT molecular complexity index is 1300. The molecule has 36 heavy (non-hydrogen) atoms. The molecule has 0 atom stereocenters. The van der Waals surface area contributed by atoms with Crippen LogP contribution in [0.4, 0.5) is 5.69 Å². The van der Waals surface area contributed by atoms with E-state index < -0.39 is 10.0 Å². The second-order valence-corrected chi connectivity index (χ2v) is 11.6. The molecule has 190 valence electrons. The molecule has 0 N–H and O–H groups in total. The van der Waals surface area contributed by atoms with E-state index in [-0.39, 0.29) is 23.9 Å². The molecule has 0 aliphatic carbocycles. The molecule has 0 radical (unpaired) electrons. The van der Waals surface area contributed by atoms with Crippen LogP contribution in [0, 0.1) is 0 Å². The Hall–Kier alpha value is -2.59. The van der Waals surface area contributed by atoms with Crippen LogP contribution in [0.5, 0.6) is 5.75 Å². The zero-order valence-electron chi connectivity index (χ0n) is 19.8. The summed E-state index contributed by atoms with van der Waals surface area (Å²) in [7, 11) is -2.31. The fraction of sp³-hybridized carbons (Fsp3) is 0.269. The number of ether oxygens (including phenoxy) is 1. The van der Waals surface area contributed by atoms with Crippen molar-refractivity contribution in [2.75, 3.05) is 44.7 Å². The first kappa shape index (κ1) is 26.5. The highest BCUT2D eigenvalue weighted by Gasteiger charge is 2.30. The van der Waals surface area contributed by atoms with Crippen LogP contribution in [-0.2, 0) is 21.4 Å². The van der Waals surface area contributed by atoms with E-state index in [9.17, 15) is 13.2 Å². The first-order valence-electron chi connectivity index (χ1n) is 11.4. The highest BCUT2D eigenvalue weighted by Crippen LogP contribution is 2.25. The fourth-order valence-electron chi connectivity index (χ4n) is 4.06. The maximum absolute atomic E-state index is 13.5. The van der Waals surface area contributed by atoms with Crippen molar-refractivity contribution in [1.82, 2.24) is 9.21 Å². The van der Waals surface area contributed by atoms with Crippen molar-refractivity contribution in [2.24, 2.45) is 0 Å². The lowest BCUT2D eigenvalue weighted by Gasteiger charge is -2.37. The van der Waals surface area contributed by atoms with Gasteiger partial charge >= 0.3 is 0 Å². The summed E-state index contributed by atoms with van der Waals surface area (Å²) in [5.74, 6) is 0.551. The van der Waals surface area contributed by atoms with E-state index in [2.05, 4.69) is 20.8 Å². The number of rotatable bonds is 8. The van der Waals surface area contributed by atoms with Crippen molar-refractivity contribution in [2.45, 2.75) is 11.4 Å². The summed E-state index contributed by atoms with van der Waals surface area (Å²) < 4.78 is 34.3. The molecule has 4 rings (SSSR count). The predicted molar refractivity (Wildman–Crippen MR) is 145 cm³/mol. The van der Waals surface area contributed by atoms with Gasteiger partial charge in [0.05, 0.1) is 18.6 Å². The van der Waals surface area contributed by atoms with E-state index in [1.165, 1.54) is 16.4 Å². The van der Waals surface area contributed by atoms with Crippen LogP contribution in [-0.4, -0.2) is 63.4 Å². The van der Waals surface area contributed by atoms with Gasteiger partial charge in [0.1, 0.15) is 5.75 Å². The van der Waals surface area contributed by atoms with Gasteiger partial charge in [-0.2, -0.15) is 4.31 Å². The van der Waals surface area contributed by atoms with Crippen LogP contribution in [0.1, 0.15) is 5.56 Å². The van der Waals surface area contributed by atoms with Crippen LogP contribution in [0.25, 0.3) is 0 Å². The van der Waals surface area contributed by atoms with Crippen molar-refractivity contribution in [3.8, 4) is 5.75 Å². The van der Waals surface area contributed by atoms with E-state index in [1.54, 1.807) is 48.4 Å². The number of carbonyl (C=O) groups excluding carboxylic acids is 1. The van der Waals surface area contributed by atoms with E-state index in [4.69, 9.17) is 16.3 Å². The number of sulfonamides is 1. The SMILES string of the molecule is COc1ccc(N2CCN(C(=O)CN(Cc3ccccc3Cl)S(=O)(=O)c3ccc(Br)cc3)CC2)cc1. The maximum atomic E-state index is 13.5. The van der Waals surface area contributed by atoms with Gasteiger partial charge in [0.25, 0.3) is 0 Å². The zero-order valence-corrected chi connectivity index (χ0v) is 23.0. The Morgan fingerprint density at radius 3 is 2.22 bits per heavy atom. The Balaban J connectivity index is 1.49. The van der Waals surface area contributed by atoms with Gasteiger partial charge in [0, 0.05) is 47.9 Å². The van der Waals surface area contributed by atoms with E-state index >= 15 is 0 Å². The molecule has 1 saturated heterocycles. The Morgan fingerprint density at radius 2 is 1.61 bits per heavy atom. The molecule has 3 aromatic carbocycles. The first-order valence-corrected chi connectivity index (χ1v) is 14.0. The molecule has 1 aliphatic rings. The topological polar surface area (TPSA) is 70.2 Å². The molecule has 0 unspecified atom stereocenters. The highest BCUT2D eigenvalue weighted by molar-refractivity contribution is 9.10. The van der Waals surface area contributed by atoms with E-state index in [0.717, 1.165) is 15.9 Å². The number of methoxy groups -OCH3 is 1. The minimum Gasteiger partial charge on any atom is -0.497 e. The minimum atomic E-state index is -3.94. The predicted octanol–water partition coefficient (Wildman–Crippen LogP) is 4.65. The molecule has 1 aliphatic heterocycles. The highest BCUT2D eigenvalue weighted by atomic mass is 79.9. The van der Waals surface area contributed by atoms with Gasteiger partial charge in [-0.25, -0.2) is 8.42 Å². The van der Waals surface area contributed by atoms with E-state index in [0.29, 0.717) is 36.8 Å². The Kier molecular flexibility index (Phi) is 8.56. The third-order valence-electron chi connectivity index (χ3n) is 6.14. The molecule has 0 bridgehead atoms. The van der Waals surface area contributed by atoms with Crippen molar-refractivity contribution in [3.63, 3.8) is 0 Å². The van der Waals surface area contributed by atoms with Crippen molar-refractivity contribution in [1.29, 1.82) is 0 Å². The molecular weight excluding hydrogens is 566 g/mol. The Labute approximate surface area is 225 Å². The molecule has 1 fully saturated rings. The molecular formula is C26H27BrClN3O4S. The van der Waals surface area contributed by atoms with Gasteiger partial charge in [0.2, 0.25) is 15.9 Å². The number of anilines is 1. The summed E-state index contributed by atoms with van der Waals surface area (Å²) in [5.41, 5.74) is 1.69. The van der Waals surface area contributed by atoms with Gasteiger partial charge in [-0.3, -0.25) is 4.79 Å². The molecule has 1 heterocycles. The van der Waals surface area contributed by atoms with Gasteiger partial charge in [-0.05, 0) is 60.2 Å². The molecule has 0 saturated carbocycles. The Morgan fingerprint density at radius 1 is 0.972 bits per heavy atom. The number of halogens is 2. The quantitative estimate of drug-likeness (QED) is 0.381. The number of hydrogen-bond acceptors (Lipinski definition) is 5. The number of piperazine rings is 1. The van der Waals surface area contributed by atoms with Crippen molar-refractivity contribution in [3.05, 3.63) is 87.9 Å². The molecule has 0 aromatic heterocycles. The van der Waals surface area contributed by atoms with E-state index in [1.807, 2.05) is 24.3 Å². The standard InChI is InChI=1S/C26H27BrClN3O4S/c1-35-23-10-8-22(9-11-23)29-14-16-30(17-15-29)26(32)19-31(18-20-4-2-3-5-25(20)28)36(33,34)24-12-6-21(27)7-13-24/h2-13H,14-19H2,1H3. The summed E-state index contributed by atoms with van der Waals surface area (Å²) in [5, 5.41) is 0.453. The van der Waals surface area contributed by atoms with Gasteiger partial charge in [-0.15, -0.1) is 0 Å². The van der Waals surface area contributed by atoms with Crippen LogP contribution in [0.3, 0.4) is 0 Å². The molecule has 1 amide bonds. The average molecular weight is 593 g/mol. The van der Waals surface area contributed by atoms with Gasteiger partial charge < -0.3 is 14.5 Å². The van der Waals surface area contributed by atoms with Crippen LogP contribution in [0.15, 0.2) is 82.2 Å². The lowest BCUT2D eigenvalue weighted by molar-refractivity contribution is -0.131. The van der Waals surface area contributed by atoms with Crippen molar-refractivity contribution >= 4 is 49.1 Å². The van der Waals surface area contributed by atoms with Crippen LogP contribution in [0.2, 0.25) is 5.02 Å². The number of carbonyl (C=O) groups is 1. The monoisotopic (exact) mass is 591 g/mol. The largest absolute Gasteiger partial charge is 0.497 e. The molecule has 3 aromatic rings. The molecule has 7 nitrogen and oxygen atoms in total. The summed E-state index contributed by atoms with van der Waals surface area (Å²) in [6, 6.07) is 21.2. The first-order chi connectivity index (χ1) is 17.3. The lowest BCUT2D eigenvalue weighted by atomic mass is 10.2. The maximum Gasteiger partial charge on any atom is 0.243 e. The number of amides is 1. The summed E-state index contributed by atoms with van der Waals surface area (Å²) in [6.45, 7) is 2.04. The zero-order chi connectivity index (χ0) is 25.7. The third kappa shape index (κ3) is 6.21. The number of nitrogens with zero attached hydrogens (tertiary/aromatic N) is 3. The van der Waals surface area contributed by atoms with Crippen LogP contribution >= 0.6 is 27.5 Å². The lowest BCUT2D eigenvalue weighted by Crippen LogP contribution is -2.51. The summed E-state index contributed by atoms with van der Waals surface area (Å²) in [4.78, 5) is 17.3. The summed E-state index contributed by atoms with van der Waals surface area (Å²) in [6.07, 6.45) is 0. The minimum absolute atomic E-state index is 0.00434. The molecule has 10 heteroatoms. The van der Waals surface area contributed by atoms with Gasteiger partial charge in [-0.1, -0.05) is 45.7 Å². The second kappa shape index (κ2) is 11.6. The smallest absolute Gasteiger partial charge is 0.243 e. The number of benzene rings is 3. The average Bonchev–Trinajstić information content (AvgIpc) is 2.90. The molecule has 0 spiro atoms. The normalized spacial score (nSPS) is 14.2. The van der Waals surface area contributed by atoms with Crippen LogP contribution < -0.4 is 9.64 Å². The fourth-order valence-corrected chi connectivity index (χ4v) is 5.88. The third-order valence-corrected chi connectivity index (χ3v) is 8.84. The summed E-state index contributed by atoms with van der Waals surface area (Å²) >= 11 is 9.66. The van der Waals surface area contributed by atoms with Crippen molar-refractivity contribution < 1.29 is 17.9 Å². The number of hydrogen-bond donors (Lipinski definition) is 0. The second-order valence-electron chi connectivity index (χ2n) is 8.38.